The molecule has 4 nitrogen and oxygen atoms in total. The number of nitrogens with zero attached hydrogens (tertiary/aromatic N) is 1. The predicted octanol–water partition coefficient (Wildman–Crippen LogP) is 0.731. The van der Waals surface area contributed by atoms with Crippen LogP contribution in [-0.2, 0) is 11.3 Å². The van der Waals surface area contributed by atoms with Crippen molar-refractivity contribution in [3.05, 3.63) is 12.3 Å². The minimum atomic E-state index is -1.97. The quantitative estimate of drug-likeness (QED) is 0.611. The summed E-state index contributed by atoms with van der Waals surface area (Å²) in [6, 6.07) is 0. The van der Waals surface area contributed by atoms with Crippen LogP contribution in [0.15, 0.2) is 12.3 Å². The number of hydrogen-bond acceptors (Lipinski definition) is 2. The van der Waals surface area contributed by atoms with E-state index in [4.69, 9.17) is 9.66 Å². The molecule has 0 aliphatic rings. The molecule has 0 saturated carbocycles. The van der Waals surface area contributed by atoms with Crippen molar-refractivity contribution >= 4 is 11.3 Å². The molecular formula is C7H15NO3S. The van der Waals surface area contributed by atoms with E-state index in [2.05, 4.69) is 0 Å². The number of unbranched alkanes of at least 4 members (excludes halogenated alkanes) is 1. The monoisotopic (exact) mass is 193 g/mol. The summed E-state index contributed by atoms with van der Waals surface area (Å²) in [4.78, 5) is 0. The minimum Gasteiger partial charge on any atom is -0.392 e. The fraction of sp³-hybridized carbons (Fsp3) is 0.714. The van der Waals surface area contributed by atoms with Gasteiger partial charge in [0.2, 0.25) is 0 Å². The first-order valence-corrected chi connectivity index (χ1v) is 4.93. The van der Waals surface area contributed by atoms with Crippen LogP contribution in [0.2, 0.25) is 0 Å². The van der Waals surface area contributed by atoms with Crippen LogP contribution in [0.4, 0.5) is 0 Å². The molecule has 1 atom stereocenters. The molecular weight excluding hydrogens is 178 g/mol. The van der Waals surface area contributed by atoms with Gasteiger partial charge in [-0.05, 0) is 12.5 Å². The molecule has 0 aromatic rings. The van der Waals surface area contributed by atoms with Crippen LogP contribution >= 0.6 is 0 Å². The third-order valence-corrected chi connectivity index (χ3v) is 2.02. The van der Waals surface area contributed by atoms with Gasteiger partial charge < -0.3 is 5.11 Å². The Hall–Kier alpha value is -0.390. The van der Waals surface area contributed by atoms with Crippen molar-refractivity contribution in [2.24, 2.45) is 0 Å². The summed E-state index contributed by atoms with van der Waals surface area (Å²) < 4.78 is 20.6. The summed E-state index contributed by atoms with van der Waals surface area (Å²) in [5, 5.41) is 8.43. The fourth-order valence-electron chi connectivity index (χ4n) is 0.683. The normalized spacial score (nSPS) is 13.6. The molecule has 0 aromatic heterocycles. The zero-order valence-corrected chi connectivity index (χ0v) is 7.96. The first kappa shape index (κ1) is 11.6. The maximum atomic E-state index is 10.6. The maximum absolute atomic E-state index is 10.6. The molecule has 5 heteroatoms. The van der Waals surface area contributed by atoms with Crippen LogP contribution in [0.1, 0.15) is 19.8 Å². The molecule has 0 bridgehead atoms. The van der Waals surface area contributed by atoms with E-state index in [9.17, 15) is 4.21 Å². The van der Waals surface area contributed by atoms with Gasteiger partial charge in [-0.15, -0.1) is 0 Å². The lowest BCUT2D eigenvalue weighted by atomic mass is 10.3. The third kappa shape index (κ3) is 5.29. The van der Waals surface area contributed by atoms with Crippen molar-refractivity contribution < 1.29 is 13.9 Å². The van der Waals surface area contributed by atoms with Crippen molar-refractivity contribution in [2.45, 2.75) is 19.8 Å². The molecule has 72 valence electrons. The standard InChI is InChI=1S/C7H15NO3S/c1-2-3-5-8(12(10)11)6-4-7-9/h4,6,9H,2-3,5,7H2,1H3,(H,10,11). The SMILES string of the molecule is CCCCN(C=CCO)S(=O)O. The zero-order chi connectivity index (χ0) is 9.40. The average Bonchev–Trinajstić information content (AvgIpc) is 2.04. The number of aliphatic hydroxyl groups excluding tert-OH is 1. The number of aliphatic hydroxyl groups is 1. The Balaban J connectivity index is 3.86. The summed E-state index contributed by atoms with van der Waals surface area (Å²) >= 11 is -1.97. The Morgan fingerprint density at radius 3 is 2.67 bits per heavy atom. The van der Waals surface area contributed by atoms with Gasteiger partial charge in [-0.1, -0.05) is 13.3 Å². The van der Waals surface area contributed by atoms with Crippen molar-refractivity contribution in [1.82, 2.24) is 4.31 Å². The molecule has 0 saturated heterocycles. The van der Waals surface area contributed by atoms with Crippen molar-refractivity contribution in [2.75, 3.05) is 13.2 Å². The molecule has 1 unspecified atom stereocenters. The van der Waals surface area contributed by atoms with Crippen molar-refractivity contribution in [3.8, 4) is 0 Å². The first-order valence-electron chi connectivity index (χ1n) is 3.87. The summed E-state index contributed by atoms with van der Waals surface area (Å²) in [6.07, 6.45) is 4.71. The van der Waals surface area contributed by atoms with Crippen LogP contribution in [0.25, 0.3) is 0 Å². The van der Waals surface area contributed by atoms with Crippen LogP contribution in [0.5, 0.6) is 0 Å². The van der Waals surface area contributed by atoms with E-state index in [0.717, 1.165) is 12.8 Å². The van der Waals surface area contributed by atoms with Gasteiger partial charge in [0.1, 0.15) is 0 Å². The zero-order valence-electron chi connectivity index (χ0n) is 7.14. The molecule has 0 amide bonds. The third-order valence-electron chi connectivity index (χ3n) is 1.31. The topological polar surface area (TPSA) is 60.8 Å². The Bertz CT molecular complexity index is 161. The second-order valence-corrected chi connectivity index (χ2v) is 3.22. The molecule has 0 fully saturated rings. The van der Waals surface area contributed by atoms with E-state index in [1.54, 1.807) is 0 Å². The van der Waals surface area contributed by atoms with E-state index in [1.807, 2.05) is 6.92 Å². The van der Waals surface area contributed by atoms with E-state index < -0.39 is 11.3 Å². The van der Waals surface area contributed by atoms with Gasteiger partial charge in [0, 0.05) is 12.7 Å². The van der Waals surface area contributed by atoms with Crippen LogP contribution in [0.3, 0.4) is 0 Å². The van der Waals surface area contributed by atoms with Crippen LogP contribution in [0, 0.1) is 0 Å². The highest BCUT2D eigenvalue weighted by Gasteiger charge is 2.02. The lowest BCUT2D eigenvalue weighted by Crippen LogP contribution is -2.20. The summed E-state index contributed by atoms with van der Waals surface area (Å²) in [5.41, 5.74) is 0. The van der Waals surface area contributed by atoms with Gasteiger partial charge in [0.15, 0.2) is 0 Å². The van der Waals surface area contributed by atoms with Gasteiger partial charge in [0.05, 0.1) is 6.61 Å². The van der Waals surface area contributed by atoms with Gasteiger partial charge >= 0.3 is 0 Å². The van der Waals surface area contributed by atoms with E-state index in [1.165, 1.54) is 16.6 Å². The second-order valence-electron chi connectivity index (χ2n) is 2.29. The Labute approximate surface area is 75.3 Å². The smallest absolute Gasteiger partial charge is 0.261 e. The molecule has 0 rings (SSSR count). The first-order chi connectivity index (χ1) is 5.72. The molecule has 0 aliphatic heterocycles. The van der Waals surface area contributed by atoms with Gasteiger partial charge in [-0.2, -0.15) is 0 Å². The van der Waals surface area contributed by atoms with Gasteiger partial charge in [-0.3, -0.25) is 8.86 Å². The highest BCUT2D eigenvalue weighted by atomic mass is 32.2. The van der Waals surface area contributed by atoms with Crippen LogP contribution in [-0.4, -0.2) is 31.3 Å². The average molecular weight is 193 g/mol. The predicted molar refractivity (Wildman–Crippen MR) is 48.6 cm³/mol. The highest BCUT2D eigenvalue weighted by Crippen LogP contribution is 1.98. The van der Waals surface area contributed by atoms with Crippen LogP contribution < -0.4 is 0 Å². The fourth-order valence-corrected chi connectivity index (χ4v) is 1.16. The Kier molecular flexibility index (Phi) is 7.03. The summed E-state index contributed by atoms with van der Waals surface area (Å²) in [7, 11) is 0. The largest absolute Gasteiger partial charge is 0.392 e. The summed E-state index contributed by atoms with van der Waals surface area (Å²) in [6.45, 7) is 2.43. The second kappa shape index (κ2) is 7.27. The number of hydrogen-bond donors (Lipinski definition) is 2. The molecule has 0 spiro atoms. The minimum absolute atomic E-state index is 0.111. The molecule has 0 aliphatic carbocycles. The molecule has 0 radical (unpaired) electrons. The highest BCUT2D eigenvalue weighted by molar-refractivity contribution is 7.76. The number of rotatable bonds is 6. The van der Waals surface area contributed by atoms with Crippen molar-refractivity contribution in [3.63, 3.8) is 0 Å². The van der Waals surface area contributed by atoms with E-state index >= 15 is 0 Å². The van der Waals surface area contributed by atoms with Gasteiger partial charge in [-0.25, -0.2) is 4.21 Å². The molecule has 2 N–H and O–H groups in total. The Morgan fingerprint density at radius 2 is 2.25 bits per heavy atom. The van der Waals surface area contributed by atoms with Gasteiger partial charge in [0.25, 0.3) is 11.3 Å². The van der Waals surface area contributed by atoms with E-state index in [0.29, 0.717) is 6.54 Å². The van der Waals surface area contributed by atoms with Crippen molar-refractivity contribution in [1.29, 1.82) is 0 Å². The molecule has 0 aromatic carbocycles. The Morgan fingerprint density at radius 1 is 1.58 bits per heavy atom. The molecule has 12 heavy (non-hydrogen) atoms. The summed E-state index contributed by atoms with van der Waals surface area (Å²) in [5.74, 6) is 0. The molecule has 0 heterocycles. The lowest BCUT2D eigenvalue weighted by molar-refractivity contribution is 0.340. The lowest BCUT2D eigenvalue weighted by Gasteiger charge is -2.13. The maximum Gasteiger partial charge on any atom is 0.261 e. The van der Waals surface area contributed by atoms with E-state index in [-0.39, 0.29) is 6.61 Å².